The second kappa shape index (κ2) is 9.40. The quantitative estimate of drug-likeness (QED) is 0.446. The van der Waals surface area contributed by atoms with Crippen LogP contribution in [0.2, 0.25) is 0 Å². The van der Waals surface area contributed by atoms with Crippen LogP contribution in [0.15, 0.2) is 42.5 Å². The highest BCUT2D eigenvalue weighted by molar-refractivity contribution is 6.31. The third kappa shape index (κ3) is 6.09. The van der Waals surface area contributed by atoms with Gasteiger partial charge in [-0.05, 0) is 35.9 Å². The summed E-state index contributed by atoms with van der Waals surface area (Å²) >= 11 is 0. The molecule has 10 heteroatoms. The molecule has 0 fully saturated rings. The predicted molar refractivity (Wildman–Crippen MR) is 93.5 cm³/mol. The van der Waals surface area contributed by atoms with Crippen molar-refractivity contribution < 1.29 is 42.9 Å². The van der Waals surface area contributed by atoms with Crippen LogP contribution < -0.4 is 10.1 Å². The van der Waals surface area contributed by atoms with Crippen LogP contribution in [0.25, 0.3) is 0 Å². The number of halogens is 2. The fourth-order valence-corrected chi connectivity index (χ4v) is 2.28. The van der Waals surface area contributed by atoms with Crippen LogP contribution in [0.1, 0.15) is 15.9 Å². The lowest BCUT2D eigenvalue weighted by atomic mass is 10.1. The molecule has 0 aromatic heterocycles. The summed E-state index contributed by atoms with van der Waals surface area (Å²) in [4.78, 5) is 44.8. The first kappa shape index (κ1) is 21.5. The van der Waals surface area contributed by atoms with E-state index in [1.807, 2.05) is 5.32 Å². The number of ether oxygens (including phenoxy) is 1. The highest BCUT2D eigenvalue weighted by atomic mass is 19.2. The molecule has 0 spiro atoms. The molecule has 2 aromatic carbocycles. The second-order valence-electron chi connectivity index (χ2n) is 5.86. The van der Waals surface area contributed by atoms with Crippen molar-refractivity contribution in [3.05, 3.63) is 65.2 Å². The lowest BCUT2D eigenvalue weighted by Gasteiger charge is -2.13. The predicted octanol–water partition coefficient (Wildman–Crippen LogP) is 1.42. The van der Waals surface area contributed by atoms with Gasteiger partial charge in [-0.15, -0.1) is 0 Å². The Balaban J connectivity index is 1.95. The first-order chi connectivity index (χ1) is 13.7. The number of carboxylic acids is 2. The van der Waals surface area contributed by atoms with Crippen molar-refractivity contribution in [2.75, 3.05) is 6.61 Å². The number of carboxylic acid groups (broad SMARTS) is 2. The molecule has 0 saturated carbocycles. The highest BCUT2D eigenvalue weighted by Crippen LogP contribution is 2.15. The summed E-state index contributed by atoms with van der Waals surface area (Å²) in [5.74, 6) is -7.18. The van der Waals surface area contributed by atoms with Gasteiger partial charge in [-0.1, -0.05) is 12.1 Å². The molecule has 2 aromatic rings. The average molecular weight is 407 g/mol. The number of hydrogen-bond donors (Lipinski definition) is 3. The molecule has 0 saturated heterocycles. The third-order valence-corrected chi connectivity index (χ3v) is 3.77. The Hall–Kier alpha value is -3.82. The van der Waals surface area contributed by atoms with Crippen LogP contribution in [0, 0.1) is 11.6 Å². The van der Waals surface area contributed by atoms with E-state index in [0.29, 0.717) is 5.56 Å². The van der Waals surface area contributed by atoms with Crippen LogP contribution >= 0.6 is 0 Å². The van der Waals surface area contributed by atoms with E-state index in [1.165, 1.54) is 24.3 Å². The number of carbonyl (C=O) groups is 4. The van der Waals surface area contributed by atoms with E-state index in [9.17, 15) is 28.0 Å². The van der Waals surface area contributed by atoms with Gasteiger partial charge >= 0.3 is 17.8 Å². The van der Waals surface area contributed by atoms with Gasteiger partial charge in [-0.25, -0.2) is 18.4 Å². The fourth-order valence-electron chi connectivity index (χ4n) is 2.28. The number of benzene rings is 2. The Bertz CT molecular complexity index is 944. The molecular weight excluding hydrogens is 392 g/mol. The van der Waals surface area contributed by atoms with Crippen LogP contribution in [-0.2, 0) is 20.8 Å². The molecule has 152 valence electrons. The zero-order valence-corrected chi connectivity index (χ0v) is 14.7. The monoisotopic (exact) mass is 407 g/mol. The maximum atomic E-state index is 13.2. The van der Waals surface area contributed by atoms with E-state index in [0.717, 1.165) is 18.2 Å². The molecule has 1 amide bonds. The van der Waals surface area contributed by atoms with Crippen LogP contribution in [0.4, 0.5) is 8.78 Å². The minimum atomic E-state index is -1.80. The number of carbonyl (C=O) groups excluding carboxylic acids is 2. The smallest absolute Gasteiger partial charge is 0.394 e. The zero-order valence-electron chi connectivity index (χ0n) is 14.7. The van der Waals surface area contributed by atoms with Crippen LogP contribution in [-0.4, -0.2) is 46.5 Å². The second-order valence-corrected chi connectivity index (χ2v) is 5.86. The van der Waals surface area contributed by atoms with Gasteiger partial charge in [0.15, 0.2) is 24.0 Å². The molecule has 0 aliphatic heterocycles. The summed E-state index contributed by atoms with van der Waals surface area (Å²) < 4.78 is 31.3. The number of hydrogen-bond acceptors (Lipinski definition) is 5. The van der Waals surface area contributed by atoms with Crippen molar-refractivity contribution in [1.82, 2.24) is 5.32 Å². The van der Waals surface area contributed by atoms with E-state index < -0.39 is 47.9 Å². The van der Waals surface area contributed by atoms with Gasteiger partial charge in [-0.2, -0.15) is 0 Å². The molecule has 3 N–H and O–H groups in total. The SMILES string of the molecule is O=C(O)C(=O)NC(Cc1ccc(OCC(=O)c2ccc(F)c(F)c2)cc1)C(=O)O. The van der Waals surface area contributed by atoms with Crippen molar-refractivity contribution in [1.29, 1.82) is 0 Å². The largest absolute Gasteiger partial charge is 0.485 e. The number of rotatable bonds is 8. The number of ketones is 1. The summed E-state index contributed by atoms with van der Waals surface area (Å²) in [6.45, 7) is -0.434. The minimum absolute atomic E-state index is 0.0565. The first-order valence-corrected chi connectivity index (χ1v) is 8.14. The van der Waals surface area contributed by atoms with Crippen molar-refractivity contribution in [3.63, 3.8) is 0 Å². The first-order valence-electron chi connectivity index (χ1n) is 8.14. The molecule has 1 unspecified atom stereocenters. The molecule has 0 radical (unpaired) electrons. The Labute approximate surface area is 162 Å². The normalized spacial score (nSPS) is 11.4. The van der Waals surface area contributed by atoms with Gasteiger partial charge in [0.1, 0.15) is 11.8 Å². The lowest BCUT2D eigenvalue weighted by Crippen LogP contribution is -2.45. The van der Waals surface area contributed by atoms with Gasteiger partial charge in [-0.3, -0.25) is 9.59 Å². The Morgan fingerprint density at radius 3 is 2.17 bits per heavy atom. The summed E-state index contributed by atoms with van der Waals surface area (Å²) in [5, 5.41) is 19.5. The van der Waals surface area contributed by atoms with Crippen molar-refractivity contribution in [3.8, 4) is 5.75 Å². The number of amides is 1. The Morgan fingerprint density at radius 2 is 1.62 bits per heavy atom. The topological polar surface area (TPSA) is 130 Å². The molecular formula is C19H15F2NO7. The molecule has 2 rings (SSSR count). The standard InChI is InChI=1S/C19H15F2NO7/c20-13-6-3-11(8-14(13)21)16(23)9-29-12-4-1-10(2-5-12)7-15(18(25)26)22-17(24)19(27)28/h1-6,8,15H,7,9H2,(H,22,24)(H,25,26)(H,27,28). The summed E-state index contributed by atoms with van der Waals surface area (Å²) in [7, 11) is 0. The number of Topliss-reactive ketones (excluding diaryl/α,β-unsaturated/α-hetero) is 1. The maximum Gasteiger partial charge on any atom is 0.394 e. The van der Waals surface area contributed by atoms with E-state index >= 15 is 0 Å². The highest BCUT2D eigenvalue weighted by Gasteiger charge is 2.23. The van der Waals surface area contributed by atoms with Gasteiger partial charge in [0, 0.05) is 12.0 Å². The van der Waals surface area contributed by atoms with Gasteiger partial charge in [0.05, 0.1) is 0 Å². The van der Waals surface area contributed by atoms with E-state index in [2.05, 4.69) is 0 Å². The van der Waals surface area contributed by atoms with Gasteiger partial charge in [0.25, 0.3) is 0 Å². The van der Waals surface area contributed by atoms with E-state index in [1.54, 1.807) is 0 Å². The summed E-state index contributed by atoms with van der Waals surface area (Å²) in [6.07, 6.45) is -0.178. The van der Waals surface area contributed by atoms with Crippen LogP contribution in [0.5, 0.6) is 5.75 Å². The maximum absolute atomic E-state index is 13.2. The summed E-state index contributed by atoms with van der Waals surface area (Å²) in [6, 6.07) is 7.10. The number of nitrogens with one attached hydrogen (secondary N) is 1. The Kier molecular flexibility index (Phi) is 6.96. The average Bonchev–Trinajstić information content (AvgIpc) is 2.68. The van der Waals surface area contributed by atoms with Crippen molar-refractivity contribution in [2.45, 2.75) is 12.5 Å². The van der Waals surface area contributed by atoms with E-state index in [-0.39, 0.29) is 17.7 Å². The fraction of sp³-hybridized carbons (Fsp3) is 0.158. The molecule has 0 aliphatic carbocycles. The molecule has 0 aliphatic rings. The van der Waals surface area contributed by atoms with Gasteiger partial charge in [0.2, 0.25) is 0 Å². The van der Waals surface area contributed by atoms with Crippen molar-refractivity contribution in [2.24, 2.45) is 0 Å². The lowest BCUT2D eigenvalue weighted by molar-refractivity contribution is -0.152. The molecule has 29 heavy (non-hydrogen) atoms. The molecule has 8 nitrogen and oxygen atoms in total. The van der Waals surface area contributed by atoms with Gasteiger partial charge < -0.3 is 20.3 Å². The van der Waals surface area contributed by atoms with Crippen molar-refractivity contribution >= 4 is 23.6 Å². The Morgan fingerprint density at radius 1 is 0.966 bits per heavy atom. The number of aliphatic carboxylic acids is 2. The van der Waals surface area contributed by atoms with E-state index in [4.69, 9.17) is 14.9 Å². The molecule has 1 atom stereocenters. The molecule has 0 bridgehead atoms. The third-order valence-electron chi connectivity index (χ3n) is 3.77. The molecule has 0 heterocycles. The minimum Gasteiger partial charge on any atom is -0.485 e. The van der Waals surface area contributed by atoms with Crippen LogP contribution in [0.3, 0.4) is 0 Å². The summed E-state index contributed by atoms with van der Waals surface area (Å²) in [5.41, 5.74) is 0.404. The zero-order chi connectivity index (χ0) is 21.6.